The molecule has 1 aromatic rings. The van der Waals surface area contributed by atoms with Gasteiger partial charge in [-0.3, -0.25) is 10.00 Å². The molecule has 3 heterocycles. The molecule has 0 saturated carbocycles. The summed E-state index contributed by atoms with van der Waals surface area (Å²) in [5, 5.41) is 7.08. The van der Waals surface area contributed by atoms with Crippen LogP contribution in [0.3, 0.4) is 0 Å². The lowest BCUT2D eigenvalue weighted by Crippen LogP contribution is -2.50. The van der Waals surface area contributed by atoms with Crippen LogP contribution in [0.15, 0.2) is 0 Å². The van der Waals surface area contributed by atoms with E-state index in [4.69, 9.17) is 0 Å². The van der Waals surface area contributed by atoms with E-state index in [1.807, 2.05) is 14.0 Å². The Hall–Kier alpha value is -1.59. The van der Waals surface area contributed by atoms with E-state index in [1.54, 1.807) is 4.68 Å². The van der Waals surface area contributed by atoms with E-state index >= 15 is 0 Å². The number of aromatic nitrogens is 3. The topological polar surface area (TPSA) is 63.1 Å². The minimum Gasteiger partial charge on any atom is -0.318 e. The van der Waals surface area contributed by atoms with Gasteiger partial charge in [-0.15, -0.1) is 5.10 Å². The minimum absolute atomic E-state index is 0.0211. The maximum absolute atomic E-state index is 12.6. The van der Waals surface area contributed by atoms with Crippen molar-refractivity contribution in [3.05, 3.63) is 5.82 Å². The number of hydrogen-bond donors (Lipinski definition) is 1. The van der Waals surface area contributed by atoms with Crippen molar-refractivity contribution in [3.8, 4) is 0 Å². The molecular weight excluding hydrogens is 254 g/mol. The van der Waals surface area contributed by atoms with E-state index in [9.17, 15) is 4.79 Å². The first-order valence-corrected chi connectivity index (χ1v) is 7.62. The van der Waals surface area contributed by atoms with E-state index in [0.29, 0.717) is 18.0 Å². The van der Waals surface area contributed by atoms with Crippen LogP contribution in [0.1, 0.15) is 50.8 Å². The molecule has 110 valence electrons. The van der Waals surface area contributed by atoms with Crippen molar-refractivity contribution >= 4 is 12.0 Å². The molecule has 2 fully saturated rings. The Labute approximate surface area is 119 Å². The predicted molar refractivity (Wildman–Crippen MR) is 76.5 cm³/mol. The fourth-order valence-corrected chi connectivity index (χ4v) is 3.50. The Bertz CT molecular complexity index is 464. The first-order valence-electron chi connectivity index (χ1n) is 7.62. The van der Waals surface area contributed by atoms with Gasteiger partial charge in [-0.25, -0.2) is 4.79 Å². The van der Waals surface area contributed by atoms with Crippen molar-refractivity contribution in [1.82, 2.24) is 19.7 Å². The molecule has 2 bridgehead atoms. The molecule has 2 saturated heterocycles. The first-order chi connectivity index (χ1) is 9.65. The van der Waals surface area contributed by atoms with E-state index in [-0.39, 0.29) is 6.03 Å². The van der Waals surface area contributed by atoms with Gasteiger partial charge < -0.3 is 4.90 Å². The van der Waals surface area contributed by atoms with Crippen LogP contribution in [0.4, 0.5) is 10.7 Å². The average Bonchev–Trinajstić information content (AvgIpc) is 2.66. The molecule has 1 N–H and O–H groups in total. The summed E-state index contributed by atoms with van der Waals surface area (Å²) in [5.41, 5.74) is 0. The maximum Gasteiger partial charge on any atom is 0.324 e. The lowest BCUT2D eigenvalue weighted by molar-refractivity contribution is 0.119. The van der Waals surface area contributed by atoms with Crippen LogP contribution in [-0.2, 0) is 7.05 Å². The number of rotatable bonds is 1. The van der Waals surface area contributed by atoms with Crippen LogP contribution in [-0.4, -0.2) is 37.8 Å². The second-order valence-corrected chi connectivity index (χ2v) is 5.97. The van der Waals surface area contributed by atoms with Crippen molar-refractivity contribution in [1.29, 1.82) is 0 Å². The number of carbonyl (C=O) groups excluding carboxylic acids is 1. The number of anilines is 1. The molecule has 0 unspecified atom stereocenters. The fraction of sp³-hybridized carbons (Fsp3) is 0.786. The van der Waals surface area contributed by atoms with Crippen LogP contribution >= 0.6 is 0 Å². The van der Waals surface area contributed by atoms with Gasteiger partial charge in [0, 0.05) is 19.1 Å². The summed E-state index contributed by atoms with van der Waals surface area (Å²) in [5.74, 6) is 1.22. The number of hydrogen-bond acceptors (Lipinski definition) is 3. The number of carbonyl (C=O) groups is 1. The summed E-state index contributed by atoms with van der Waals surface area (Å²) in [6.45, 7) is 1.88. The van der Waals surface area contributed by atoms with Crippen molar-refractivity contribution in [3.63, 3.8) is 0 Å². The standard InChI is InChI=1S/C14H23N5O/c1-10-15-13(17-18(10)2)16-14(20)19-11-6-3-4-7-12(19)9-5-8-11/h11-12H,3-9H2,1-2H3,(H,16,17,20)/t11-,12-/m0/s1. The maximum atomic E-state index is 12.6. The highest BCUT2D eigenvalue weighted by atomic mass is 16.2. The third kappa shape index (κ3) is 2.51. The second-order valence-electron chi connectivity index (χ2n) is 5.97. The highest BCUT2D eigenvalue weighted by molar-refractivity contribution is 5.88. The van der Waals surface area contributed by atoms with Gasteiger partial charge in [0.05, 0.1) is 0 Å². The quantitative estimate of drug-likeness (QED) is 0.857. The number of aryl methyl sites for hydroxylation is 2. The molecular formula is C14H23N5O. The van der Waals surface area contributed by atoms with Crippen molar-refractivity contribution in [2.45, 2.75) is 64.0 Å². The Balaban J connectivity index is 1.74. The fourth-order valence-electron chi connectivity index (χ4n) is 3.50. The van der Waals surface area contributed by atoms with Gasteiger partial charge in [0.25, 0.3) is 0 Å². The zero-order chi connectivity index (χ0) is 14.1. The number of fused-ring (bicyclic) bond motifs is 2. The summed E-state index contributed by atoms with van der Waals surface area (Å²) in [6.07, 6.45) is 8.28. The Morgan fingerprint density at radius 2 is 1.75 bits per heavy atom. The molecule has 0 radical (unpaired) electrons. The lowest BCUT2D eigenvalue weighted by atomic mass is 9.95. The van der Waals surface area contributed by atoms with Crippen molar-refractivity contribution in [2.24, 2.45) is 7.05 Å². The summed E-state index contributed by atoms with van der Waals surface area (Å²) < 4.78 is 1.68. The van der Waals surface area contributed by atoms with Crippen LogP contribution < -0.4 is 5.32 Å². The molecule has 6 heteroatoms. The molecule has 3 rings (SSSR count). The summed E-state index contributed by atoms with van der Waals surface area (Å²) >= 11 is 0. The van der Waals surface area contributed by atoms with E-state index in [1.165, 1.54) is 19.3 Å². The first kappa shape index (κ1) is 13.4. The van der Waals surface area contributed by atoms with E-state index in [2.05, 4.69) is 20.3 Å². The number of amides is 2. The van der Waals surface area contributed by atoms with Gasteiger partial charge in [0.1, 0.15) is 5.82 Å². The van der Waals surface area contributed by atoms with Crippen LogP contribution in [0.5, 0.6) is 0 Å². The highest BCUT2D eigenvalue weighted by Gasteiger charge is 2.35. The molecule has 0 aliphatic carbocycles. The molecule has 20 heavy (non-hydrogen) atoms. The van der Waals surface area contributed by atoms with E-state index in [0.717, 1.165) is 31.5 Å². The number of nitrogens with zero attached hydrogens (tertiary/aromatic N) is 4. The summed E-state index contributed by atoms with van der Waals surface area (Å²) in [4.78, 5) is 18.9. The molecule has 1 aromatic heterocycles. The number of piperidine rings is 1. The Kier molecular flexibility index (Phi) is 3.63. The van der Waals surface area contributed by atoms with Crippen LogP contribution in [0.25, 0.3) is 0 Å². The molecule has 0 spiro atoms. The number of urea groups is 1. The SMILES string of the molecule is Cc1nc(NC(=O)N2[C@H]3CCCC[C@H]2CCC3)nn1C. The molecule has 0 aromatic carbocycles. The Morgan fingerprint density at radius 3 is 2.30 bits per heavy atom. The largest absolute Gasteiger partial charge is 0.324 e. The third-order valence-corrected chi connectivity index (χ3v) is 4.62. The number of nitrogens with one attached hydrogen (secondary N) is 1. The molecule has 2 aliphatic rings. The van der Waals surface area contributed by atoms with Crippen molar-refractivity contribution < 1.29 is 4.79 Å². The molecule has 6 nitrogen and oxygen atoms in total. The minimum atomic E-state index is -0.0211. The average molecular weight is 277 g/mol. The van der Waals surface area contributed by atoms with Gasteiger partial charge in [-0.2, -0.15) is 4.98 Å². The summed E-state index contributed by atoms with van der Waals surface area (Å²) in [7, 11) is 1.83. The molecule has 2 atom stereocenters. The molecule has 2 amide bonds. The zero-order valence-electron chi connectivity index (χ0n) is 12.3. The molecule has 2 aliphatic heterocycles. The van der Waals surface area contributed by atoms with Crippen molar-refractivity contribution in [2.75, 3.05) is 5.32 Å². The normalized spacial score (nSPS) is 26.2. The monoisotopic (exact) mass is 277 g/mol. The predicted octanol–water partition coefficient (Wildman–Crippen LogP) is 2.45. The van der Waals surface area contributed by atoms with Gasteiger partial charge in [0.2, 0.25) is 5.95 Å². The second kappa shape index (κ2) is 5.42. The van der Waals surface area contributed by atoms with Gasteiger partial charge in [-0.05, 0) is 39.0 Å². The lowest BCUT2D eigenvalue weighted by Gasteiger charge is -2.40. The Morgan fingerprint density at radius 1 is 1.15 bits per heavy atom. The van der Waals surface area contributed by atoms with Gasteiger partial charge >= 0.3 is 6.03 Å². The zero-order valence-corrected chi connectivity index (χ0v) is 12.3. The van der Waals surface area contributed by atoms with Crippen LogP contribution in [0.2, 0.25) is 0 Å². The smallest absolute Gasteiger partial charge is 0.318 e. The van der Waals surface area contributed by atoms with Gasteiger partial charge in [0.15, 0.2) is 0 Å². The van der Waals surface area contributed by atoms with Gasteiger partial charge in [-0.1, -0.05) is 12.8 Å². The van der Waals surface area contributed by atoms with E-state index < -0.39 is 0 Å². The van der Waals surface area contributed by atoms with Crippen LogP contribution in [0, 0.1) is 6.92 Å². The highest BCUT2D eigenvalue weighted by Crippen LogP contribution is 2.32. The summed E-state index contributed by atoms with van der Waals surface area (Å²) in [6, 6.07) is 0.786. The third-order valence-electron chi connectivity index (χ3n) is 4.62.